The highest BCUT2D eigenvalue weighted by molar-refractivity contribution is 7.09. The number of amidine groups is 1. The lowest BCUT2D eigenvalue weighted by Crippen LogP contribution is -2.11. The van der Waals surface area contributed by atoms with Crippen molar-refractivity contribution in [2.45, 2.75) is 6.61 Å². The molecule has 0 saturated carbocycles. The second kappa shape index (κ2) is 5.50. The fraction of sp³-hybridized carbons (Fsp3) is 0.167. The number of hydrogen-bond donors (Lipinski definition) is 2. The van der Waals surface area contributed by atoms with Crippen molar-refractivity contribution in [3.8, 4) is 11.5 Å². The number of ether oxygens (including phenoxy) is 2. The van der Waals surface area contributed by atoms with Crippen LogP contribution in [0, 0.1) is 5.41 Å². The van der Waals surface area contributed by atoms with Gasteiger partial charge < -0.3 is 15.2 Å². The van der Waals surface area contributed by atoms with E-state index in [0.29, 0.717) is 23.7 Å². The summed E-state index contributed by atoms with van der Waals surface area (Å²) in [5.74, 6) is 1.19. The molecule has 2 aromatic rings. The van der Waals surface area contributed by atoms with E-state index in [2.05, 4.69) is 4.98 Å². The fourth-order valence-corrected chi connectivity index (χ4v) is 1.92. The molecule has 0 unspecified atom stereocenters. The standard InChI is InChI=1S/C12H13N3O2S/c1-16-11-4-8(12(13)14)2-3-10(11)17-6-9-5-15-7-18-9/h2-5,7H,6H2,1H3,(H3,13,14). The van der Waals surface area contributed by atoms with E-state index >= 15 is 0 Å². The normalized spacial score (nSPS) is 10.1. The SMILES string of the molecule is COc1cc(C(=N)N)ccc1OCc1cncs1. The zero-order valence-electron chi connectivity index (χ0n) is 9.84. The minimum absolute atomic E-state index is 0.00214. The molecular formula is C12H13N3O2S. The molecule has 1 heterocycles. The molecule has 5 nitrogen and oxygen atoms in total. The molecule has 0 radical (unpaired) electrons. The van der Waals surface area contributed by atoms with Crippen LogP contribution >= 0.6 is 11.3 Å². The third-order valence-electron chi connectivity index (χ3n) is 2.33. The monoisotopic (exact) mass is 263 g/mol. The van der Waals surface area contributed by atoms with E-state index in [0.717, 1.165) is 4.88 Å². The van der Waals surface area contributed by atoms with Gasteiger partial charge in [0.15, 0.2) is 11.5 Å². The van der Waals surface area contributed by atoms with Crippen molar-refractivity contribution in [1.82, 2.24) is 4.98 Å². The molecule has 0 aliphatic heterocycles. The Bertz CT molecular complexity index is 540. The van der Waals surface area contributed by atoms with Gasteiger partial charge in [-0.25, -0.2) is 0 Å². The third-order valence-corrected chi connectivity index (χ3v) is 3.08. The van der Waals surface area contributed by atoms with Gasteiger partial charge in [0.25, 0.3) is 0 Å². The maximum absolute atomic E-state index is 7.37. The molecule has 3 N–H and O–H groups in total. The van der Waals surface area contributed by atoms with Crippen molar-refractivity contribution in [2.75, 3.05) is 7.11 Å². The van der Waals surface area contributed by atoms with Gasteiger partial charge in [0.1, 0.15) is 12.4 Å². The molecule has 0 atom stereocenters. The third kappa shape index (κ3) is 2.78. The summed E-state index contributed by atoms with van der Waals surface area (Å²) >= 11 is 1.53. The van der Waals surface area contributed by atoms with E-state index < -0.39 is 0 Å². The average molecular weight is 263 g/mol. The van der Waals surface area contributed by atoms with Crippen molar-refractivity contribution in [3.05, 3.63) is 40.3 Å². The van der Waals surface area contributed by atoms with E-state index in [9.17, 15) is 0 Å². The lowest BCUT2D eigenvalue weighted by Gasteiger charge is -2.11. The van der Waals surface area contributed by atoms with E-state index in [1.165, 1.54) is 11.3 Å². The van der Waals surface area contributed by atoms with Crippen molar-refractivity contribution < 1.29 is 9.47 Å². The zero-order chi connectivity index (χ0) is 13.0. The zero-order valence-corrected chi connectivity index (χ0v) is 10.7. The van der Waals surface area contributed by atoms with Gasteiger partial charge in [-0.3, -0.25) is 10.4 Å². The Morgan fingerprint density at radius 3 is 2.89 bits per heavy atom. The Kier molecular flexibility index (Phi) is 3.78. The van der Waals surface area contributed by atoms with Gasteiger partial charge in [-0.15, -0.1) is 11.3 Å². The molecule has 1 aromatic heterocycles. The number of nitrogen functional groups attached to an aromatic ring is 1. The van der Waals surface area contributed by atoms with E-state index in [1.807, 2.05) is 0 Å². The molecule has 0 bridgehead atoms. The van der Waals surface area contributed by atoms with Crippen molar-refractivity contribution >= 4 is 17.2 Å². The smallest absolute Gasteiger partial charge is 0.161 e. The number of nitrogens with zero attached hydrogens (tertiary/aromatic N) is 1. The van der Waals surface area contributed by atoms with Crippen LogP contribution in [-0.4, -0.2) is 17.9 Å². The predicted molar refractivity (Wildman–Crippen MR) is 70.5 cm³/mol. The maximum Gasteiger partial charge on any atom is 0.161 e. The second-order valence-electron chi connectivity index (χ2n) is 3.54. The first-order valence-electron chi connectivity index (χ1n) is 5.23. The topological polar surface area (TPSA) is 81.2 Å². The molecule has 0 aliphatic carbocycles. The van der Waals surface area contributed by atoms with Crippen LogP contribution in [0.15, 0.2) is 29.9 Å². The molecule has 0 fully saturated rings. The van der Waals surface area contributed by atoms with E-state index in [4.69, 9.17) is 20.6 Å². The summed E-state index contributed by atoms with van der Waals surface area (Å²) < 4.78 is 10.9. The summed E-state index contributed by atoms with van der Waals surface area (Å²) in [7, 11) is 1.55. The summed E-state index contributed by atoms with van der Waals surface area (Å²) in [6.45, 7) is 0.445. The van der Waals surface area contributed by atoms with Crippen LogP contribution in [-0.2, 0) is 6.61 Å². The van der Waals surface area contributed by atoms with Crippen molar-refractivity contribution in [2.24, 2.45) is 5.73 Å². The van der Waals surface area contributed by atoms with E-state index in [1.54, 1.807) is 37.0 Å². The van der Waals surface area contributed by atoms with E-state index in [-0.39, 0.29) is 5.84 Å². The minimum atomic E-state index is 0.00214. The summed E-state index contributed by atoms with van der Waals surface area (Å²) in [5.41, 5.74) is 7.79. The molecule has 0 saturated heterocycles. The van der Waals surface area contributed by atoms with Crippen LogP contribution < -0.4 is 15.2 Å². The van der Waals surface area contributed by atoms with Gasteiger partial charge >= 0.3 is 0 Å². The summed E-state index contributed by atoms with van der Waals surface area (Å²) in [5, 5.41) is 7.37. The number of nitrogens with two attached hydrogens (primary N) is 1. The Hall–Kier alpha value is -2.08. The van der Waals surface area contributed by atoms with Crippen molar-refractivity contribution in [3.63, 3.8) is 0 Å². The second-order valence-corrected chi connectivity index (χ2v) is 4.51. The Morgan fingerprint density at radius 2 is 2.28 bits per heavy atom. The van der Waals surface area contributed by atoms with Gasteiger partial charge in [0.05, 0.1) is 17.5 Å². The number of thiazole rings is 1. The van der Waals surface area contributed by atoms with Crippen molar-refractivity contribution in [1.29, 1.82) is 5.41 Å². The molecule has 94 valence electrons. The molecule has 1 aromatic carbocycles. The lowest BCUT2D eigenvalue weighted by atomic mass is 10.2. The number of benzene rings is 1. The predicted octanol–water partition coefficient (Wildman–Crippen LogP) is 2.01. The van der Waals surface area contributed by atoms with Gasteiger partial charge in [-0.2, -0.15) is 0 Å². The Labute approximate surface area is 109 Å². The number of nitrogens with one attached hydrogen (secondary N) is 1. The molecule has 6 heteroatoms. The van der Waals surface area contributed by atoms with Crippen LogP contribution in [0.25, 0.3) is 0 Å². The van der Waals surface area contributed by atoms with Crippen LogP contribution in [0.2, 0.25) is 0 Å². The number of aromatic nitrogens is 1. The highest BCUT2D eigenvalue weighted by Crippen LogP contribution is 2.28. The molecule has 0 spiro atoms. The first-order valence-corrected chi connectivity index (χ1v) is 6.11. The molecule has 2 rings (SSSR count). The highest BCUT2D eigenvalue weighted by atomic mass is 32.1. The highest BCUT2D eigenvalue weighted by Gasteiger charge is 2.07. The summed E-state index contributed by atoms with van der Waals surface area (Å²) in [4.78, 5) is 5.01. The van der Waals surface area contributed by atoms with Gasteiger partial charge in [-0.05, 0) is 18.2 Å². The number of rotatable bonds is 5. The molecule has 0 aliphatic rings. The fourth-order valence-electron chi connectivity index (χ4n) is 1.42. The van der Waals surface area contributed by atoms with Crippen LogP contribution in [0.3, 0.4) is 0 Å². The molecule has 0 amide bonds. The Balaban J connectivity index is 2.14. The average Bonchev–Trinajstić information content (AvgIpc) is 2.89. The Morgan fingerprint density at radius 1 is 1.44 bits per heavy atom. The van der Waals surface area contributed by atoms with Gasteiger partial charge in [0.2, 0.25) is 0 Å². The first-order chi connectivity index (χ1) is 8.70. The summed E-state index contributed by atoms with van der Waals surface area (Å²) in [6, 6.07) is 5.16. The first kappa shape index (κ1) is 12.4. The van der Waals surface area contributed by atoms with Crippen LogP contribution in [0.5, 0.6) is 11.5 Å². The number of hydrogen-bond acceptors (Lipinski definition) is 5. The van der Waals surface area contributed by atoms with Crippen LogP contribution in [0.4, 0.5) is 0 Å². The molecular weight excluding hydrogens is 250 g/mol. The number of methoxy groups -OCH3 is 1. The largest absolute Gasteiger partial charge is 0.493 e. The van der Waals surface area contributed by atoms with Gasteiger partial charge in [-0.1, -0.05) is 0 Å². The minimum Gasteiger partial charge on any atom is -0.493 e. The maximum atomic E-state index is 7.37. The summed E-state index contributed by atoms with van der Waals surface area (Å²) in [6.07, 6.45) is 1.76. The van der Waals surface area contributed by atoms with Gasteiger partial charge in [0, 0.05) is 11.8 Å². The molecule has 18 heavy (non-hydrogen) atoms. The lowest BCUT2D eigenvalue weighted by molar-refractivity contribution is 0.287. The van der Waals surface area contributed by atoms with Crippen LogP contribution in [0.1, 0.15) is 10.4 Å². The quantitative estimate of drug-likeness (QED) is 0.638.